The van der Waals surface area contributed by atoms with Crippen molar-refractivity contribution in [3.05, 3.63) is 29.3 Å². The van der Waals surface area contributed by atoms with Crippen LogP contribution in [0.2, 0.25) is 0 Å². The lowest BCUT2D eigenvalue weighted by Gasteiger charge is -2.30. The molecule has 1 aliphatic carbocycles. The minimum atomic E-state index is -3.27. The zero-order chi connectivity index (χ0) is 18.6. The van der Waals surface area contributed by atoms with Crippen molar-refractivity contribution >= 4 is 21.6 Å². The first-order valence-electron chi connectivity index (χ1n) is 9.95. The van der Waals surface area contributed by atoms with Crippen LogP contribution in [-0.2, 0) is 16.4 Å². The van der Waals surface area contributed by atoms with Crippen LogP contribution in [0.5, 0.6) is 0 Å². The van der Waals surface area contributed by atoms with E-state index in [0.29, 0.717) is 12.1 Å². The van der Waals surface area contributed by atoms with Gasteiger partial charge in [-0.3, -0.25) is 9.10 Å². The van der Waals surface area contributed by atoms with Crippen molar-refractivity contribution in [2.75, 3.05) is 16.6 Å². The maximum atomic E-state index is 12.7. The van der Waals surface area contributed by atoms with Gasteiger partial charge in [-0.1, -0.05) is 32.1 Å². The van der Waals surface area contributed by atoms with Gasteiger partial charge in [0.25, 0.3) is 5.91 Å². The maximum absolute atomic E-state index is 12.7. The molecule has 1 heterocycles. The molecule has 144 valence electrons. The predicted octanol–water partition coefficient (Wildman–Crippen LogP) is 3.63. The van der Waals surface area contributed by atoms with Gasteiger partial charge in [-0.25, -0.2) is 8.42 Å². The number of fused-ring (bicyclic) bond motifs is 1. The van der Waals surface area contributed by atoms with Crippen LogP contribution in [0.25, 0.3) is 0 Å². The zero-order valence-electron chi connectivity index (χ0n) is 15.7. The van der Waals surface area contributed by atoms with E-state index in [1.807, 2.05) is 6.07 Å². The number of nitrogens with zero attached hydrogens (tertiary/aromatic N) is 1. The van der Waals surface area contributed by atoms with E-state index in [1.165, 1.54) is 36.4 Å². The zero-order valence-corrected chi connectivity index (χ0v) is 16.5. The topological polar surface area (TPSA) is 66.5 Å². The Hall–Kier alpha value is -1.56. The van der Waals surface area contributed by atoms with E-state index in [9.17, 15) is 13.2 Å². The second-order valence-corrected chi connectivity index (χ2v) is 9.62. The van der Waals surface area contributed by atoms with Crippen molar-refractivity contribution < 1.29 is 13.2 Å². The summed E-state index contributed by atoms with van der Waals surface area (Å²) in [7, 11) is -3.27. The number of carbonyl (C=O) groups is 1. The minimum Gasteiger partial charge on any atom is -0.349 e. The Morgan fingerprint density at radius 1 is 1.12 bits per heavy atom. The summed E-state index contributed by atoms with van der Waals surface area (Å²) in [4.78, 5) is 12.7. The summed E-state index contributed by atoms with van der Waals surface area (Å²) in [5, 5.41) is 3.19. The minimum absolute atomic E-state index is 0.0335. The normalized spacial score (nSPS) is 19.3. The Morgan fingerprint density at radius 2 is 1.81 bits per heavy atom. The van der Waals surface area contributed by atoms with Crippen molar-refractivity contribution in [2.45, 2.75) is 70.8 Å². The molecule has 5 nitrogen and oxygen atoms in total. The number of aryl methyl sites for hydroxylation is 1. The molecule has 0 aromatic heterocycles. The highest BCUT2D eigenvalue weighted by atomic mass is 32.2. The Kier molecular flexibility index (Phi) is 6.22. The third kappa shape index (κ3) is 4.40. The van der Waals surface area contributed by atoms with Crippen LogP contribution >= 0.6 is 0 Å². The van der Waals surface area contributed by atoms with E-state index >= 15 is 0 Å². The number of anilines is 1. The van der Waals surface area contributed by atoms with Gasteiger partial charge in [0.05, 0.1) is 11.4 Å². The number of carbonyl (C=O) groups excluding carboxylic acids is 1. The van der Waals surface area contributed by atoms with Crippen LogP contribution in [0.3, 0.4) is 0 Å². The SMILES string of the molecule is CCS(=O)(=O)N1CCCc2cc(C(=O)NC3CCCCCCC3)ccc21. The molecule has 0 radical (unpaired) electrons. The summed E-state index contributed by atoms with van der Waals surface area (Å²) >= 11 is 0. The van der Waals surface area contributed by atoms with E-state index in [1.54, 1.807) is 19.1 Å². The van der Waals surface area contributed by atoms with E-state index < -0.39 is 10.0 Å². The summed E-state index contributed by atoms with van der Waals surface area (Å²) < 4.78 is 26.1. The quantitative estimate of drug-likeness (QED) is 0.870. The van der Waals surface area contributed by atoms with Crippen LogP contribution < -0.4 is 9.62 Å². The van der Waals surface area contributed by atoms with Gasteiger partial charge in [-0.05, 0) is 56.4 Å². The van der Waals surface area contributed by atoms with Crippen molar-refractivity contribution in [1.29, 1.82) is 0 Å². The lowest BCUT2D eigenvalue weighted by Crippen LogP contribution is -2.37. The molecule has 3 rings (SSSR count). The highest BCUT2D eigenvalue weighted by Gasteiger charge is 2.27. The molecule has 1 aliphatic heterocycles. The third-order valence-electron chi connectivity index (χ3n) is 5.56. The fraction of sp³-hybridized carbons (Fsp3) is 0.650. The van der Waals surface area contributed by atoms with Crippen LogP contribution in [0.15, 0.2) is 18.2 Å². The Labute approximate surface area is 157 Å². The molecule has 0 saturated heterocycles. The van der Waals surface area contributed by atoms with Gasteiger partial charge < -0.3 is 5.32 Å². The first-order valence-corrected chi connectivity index (χ1v) is 11.6. The summed E-state index contributed by atoms with van der Waals surface area (Å²) in [6, 6.07) is 5.70. The molecule has 0 unspecified atom stereocenters. The first kappa shape index (κ1) is 19.2. The summed E-state index contributed by atoms with van der Waals surface area (Å²) in [5.41, 5.74) is 2.33. The molecule has 6 heteroatoms. The number of hydrogen-bond donors (Lipinski definition) is 1. The van der Waals surface area contributed by atoms with Crippen LogP contribution in [0.1, 0.15) is 74.2 Å². The molecule has 26 heavy (non-hydrogen) atoms. The average Bonchev–Trinajstić information content (AvgIpc) is 2.62. The maximum Gasteiger partial charge on any atom is 0.251 e. The fourth-order valence-electron chi connectivity index (χ4n) is 4.02. The number of benzene rings is 1. The summed E-state index contributed by atoms with van der Waals surface area (Å²) in [5.74, 6) is 0.0601. The molecule has 0 atom stereocenters. The molecule has 1 aromatic carbocycles. The molecule has 1 saturated carbocycles. The van der Waals surface area contributed by atoms with Crippen molar-refractivity contribution in [3.8, 4) is 0 Å². The lowest BCUT2D eigenvalue weighted by molar-refractivity contribution is 0.0930. The predicted molar refractivity (Wildman–Crippen MR) is 105 cm³/mol. The van der Waals surface area contributed by atoms with Crippen LogP contribution in [0.4, 0.5) is 5.69 Å². The van der Waals surface area contributed by atoms with E-state index in [4.69, 9.17) is 0 Å². The van der Waals surface area contributed by atoms with Crippen LogP contribution in [-0.4, -0.2) is 32.7 Å². The molecule has 0 spiro atoms. The first-order chi connectivity index (χ1) is 12.5. The highest BCUT2D eigenvalue weighted by Crippen LogP contribution is 2.30. The Morgan fingerprint density at radius 3 is 2.50 bits per heavy atom. The average molecular weight is 379 g/mol. The number of hydrogen-bond acceptors (Lipinski definition) is 3. The third-order valence-corrected chi connectivity index (χ3v) is 7.34. The fourth-order valence-corrected chi connectivity index (χ4v) is 5.21. The number of amides is 1. The van der Waals surface area contributed by atoms with Gasteiger partial charge in [-0.15, -0.1) is 0 Å². The smallest absolute Gasteiger partial charge is 0.251 e. The highest BCUT2D eigenvalue weighted by molar-refractivity contribution is 7.92. The monoisotopic (exact) mass is 378 g/mol. The molecule has 1 aromatic rings. The molecule has 1 N–H and O–H groups in total. The van der Waals surface area contributed by atoms with Crippen LogP contribution in [0, 0.1) is 0 Å². The van der Waals surface area contributed by atoms with E-state index in [0.717, 1.165) is 36.9 Å². The number of rotatable bonds is 4. The van der Waals surface area contributed by atoms with Crippen molar-refractivity contribution in [3.63, 3.8) is 0 Å². The molecule has 1 amide bonds. The van der Waals surface area contributed by atoms with Gasteiger partial charge in [0.15, 0.2) is 0 Å². The Bertz CT molecular complexity index is 737. The standard InChI is InChI=1S/C20H30N2O3S/c1-2-26(24,25)22-14-8-9-16-15-17(12-13-19(16)22)20(23)21-18-10-6-4-3-5-7-11-18/h12-13,15,18H,2-11,14H2,1H3,(H,21,23). The van der Waals surface area contributed by atoms with Crippen molar-refractivity contribution in [2.24, 2.45) is 0 Å². The second kappa shape index (κ2) is 8.42. The molecule has 2 aliphatic rings. The largest absolute Gasteiger partial charge is 0.349 e. The second-order valence-electron chi connectivity index (χ2n) is 7.44. The lowest BCUT2D eigenvalue weighted by atomic mass is 9.96. The molecule has 0 bridgehead atoms. The molecular weight excluding hydrogens is 348 g/mol. The van der Waals surface area contributed by atoms with Gasteiger partial charge in [0.2, 0.25) is 10.0 Å². The van der Waals surface area contributed by atoms with E-state index in [-0.39, 0.29) is 17.7 Å². The number of sulfonamides is 1. The van der Waals surface area contributed by atoms with Gasteiger partial charge in [-0.2, -0.15) is 0 Å². The van der Waals surface area contributed by atoms with Gasteiger partial charge >= 0.3 is 0 Å². The van der Waals surface area contributed by atoms with Gasteiger partial charge in [0, 0.05) is 18.2 Å². The van der Waals surface area contributed by atoms with Crippen molar-refractivity contribution in [1.82, 2.24) is 5.32 Å². The Balaban J connectivity index is 1.74. The summed E-state index contributed by atoms with van der Waals surface area (Å²) in [6.07, 6.45) is 9.90. The summed E-state index contributed by atoms with van der Waals surface area (Å²) in [6.45, 7) is 2.19. The molecule has 1 fully saturated rings. The molecular formula is C20H30N2O3S. The van der Waals surface area contributed by atoms with E-state index in [2.05, 4.69) is 5.32 Å². The van der Waals surface area contributed by atoms with Gasteiger partial charge in [0.1, 0.15) is 0 Å². The number of nitrogens with one attached hydrogen (secondary N) is 1.